The van der Waals surface area contributed by atoms with E-state index in [0.29, 0.717) is 0 Å². The van der Waals surface area contributed by atoms with Crippen molar-refractivity contribution in [1.82, 2.24) is 9.13 Å². The van der Waals surface area contributed by atoms with E-state index < -0.39 is 8.40 Å². The van der Waals surface area contributed by atoms with Crippen molar-refractivity contribution in [3.8, 4) is 0 Å². The van der Waals surface area contributed by atoms with Crippen LogP contribution >= 0.6 is 0 Å². The smallest absolute Gasteiger partial charge is 0.316 e. The molecule has 0 saturated heterocycles. The Morgan fingerprint density at radius 2 is 0.944 bits per heavy atom. The summed E-state index contributed by atoms with van der Waals surface area (Å²) in [5.41, 5.74) is 2.89. The van der Waals surface area contributed by atoms with Crippen LogP contribution in [-0.4, -0.2) is 45.7 Å². The van der Waals surface area contributed by atoms with Gasteiger partial charge in [0.25, 0.3) is 0 Å². The van der Waals surface area contributed by atoms with E-state index in [2.05, 4.69) is 88.7 Å². The van der Waals surface area contributed by atoms with Gasteiger partial charge in [0.05, 0.1) is 0 Å². The third-order valence-corrected chi connectivity index (χ3v) is 8.29. The predicted octanol–water partition coefficient (Wildman–Crippen LogP) is 1.44. The molecule has 0 N–H and O–H groups in total. The first kappa shape index (κ1) is 16.7. The van der Waals surface area contributed by atoms with Gasteiger partial charge in [-0.1, -0.05) is 0 Å². The SMILES string of the molecule is CN(C)[Si]([C]1[CH][CH][CH][CH]1)([C]1[CH][CH][CH][CH]1)N(C)C.[Fe+2]. The van der Waals surface area contributed by atoms with Crippen molar-refractivity contribution in [3.05, 3.63) is 62.4 Å². The molecule has 0 aromatic heterocycles. The van der Waals surface area contributed by atoms with E-state index in [0.717, 1.165) is 0 Å². The van der Waals surface area contributed by atoms with Crippen molar-refractivity contribution >= 4 is 8.40 Å². The summed E-state index contributed by atoms with van der Waals surface area (Å²) in [6, 6.07) is 0. The van der Waals surface area contributed by atoms with Crippen molar-refractivity contribution in [3.63, 3.8) is 0 Å². The quantitative estimate of drug-likeness (QED) is 0.725. The van der Waals surface area contributed by atoms with E-state index in [1.165, 1.54) is 11.1 Å². The van der Waals surface area contributed by atoms with E-state index in [1.807, 2.05) is 0 Å². The third kappa shape index (κ3) is 2.73. The topological polar surface area (TPSA) is 6.48 Å². The van der Waals surface area contributed by atoms with Gasteiger partial charge in [-0.3, -0.25) is 0 Å². The van der Waals surface area contributed by atoms with Crippen LogP contribution in [0.1, 0.15) is 0 Å². The molecule has 0 unspecified atom stereocenters. The second kappa shape index (κ2) is 6.89. The van der Waals surface area contributed by atoms with Gasteiger partial charge in [-0.05, 0) is 79.6 Å². The first-order valence-electron chi connectivity index (χ1n) is 5.89. The predicted molar refractivity (Wildman–Crippen MR) is 74.0 cm³/mol. The summed E-state index contributed by atoms with van der Waals surface area (Å²) in [7, 11) is 6.82. The van der Waals surface area contributed by atoms with Gasteiger partial charge in [0.1, 0.15) is 0 Å². The average molecular weight is 300 g/mol. The van der Waals surface area contributed by atoms with E-state index in [-0.39, 0.29) is 17.1 Å². The summed E-state index contributed by atoms with van der Waals surface area (Å²) in [5, 5.41) is 0. The minimum Gasteiger partial charge on any atom is -0.316 e. The van der Waals surface area contributed by atoms with Gasteiger partial charge < -0.3 is 9.13 Å². The molecular formula is C14H20FeN2Si+2. The molecule has 0 atom stereocenters. The number of hydrogen-bond donors (Lipinski definition) is 0. The van der Waals surface area contributed by atoms with Crippen molar-refractivity contribution in [2.24, 2.45) is 0 Å². The number of rotatable bonds is 4. The number of hydrogen-bond acceptors (Lipinski definition) is 2. The van der Waals surface area contributed by atoms with Crippen molar-refractivity contribution < 1.29 is 17.1 Å². The zero-order valence-corrected chi connectivity index (χ0v) is 13.5. The molecule has 4 heteroatoms. The van der Waals surface area contributed by atoms with Crippen LogP contribution < -0.4 is 0 Å². The Balaban J connectivity index is 0.00000162. The van der Waals surface area contributed by atoms with Gasteiger partial charge in [-0.25, -0.2) is 0 Å². The molecule has 2 saturated carbocycles. The van der Waals surface area contributed by atoms with Gasteiger partial charge in [-0.15, -0.1) is 0 Å². The summed E-state index contributed by atoms with van der Waals surface area (Å²) in [5.74, 6) is 0. The monoisotopic (exact) mass is 300 g/mol. The van der Waals surface area contributed by atoms with Crippen LogP contribution in [0, 0.1) is 62.4 Å². The second-order valence-corrected chi connectivity index (χ2v) is 9.10. The maximum atomic E-state index is 2.40. The molecule has 0 amide bonds. The summed E-state index contributed by atoms with van der Waals surface area (Å²) in [6.07, 6.45) is 17.5. The molecule has 0 aromatic rings. The third-order valence-electron chi connectivity index (χ3n) is 3.42. The number of nitrogens with zero attached hydrogens (tertiary/aromatic N) is 2. The van der Waals surface area contributed by atoms with Crippen molar-refractivity contribution in [2.75, 3.05) is 28.2 Å². The first-order chi connectivity index (χ1) is 8.10. The van der Waals surface area contributed by atoms with Crippen LogP contribution in [0.4, 0.5) is 0 Å². The van der Waals surface area contributed by atoms with Gasteiger partial charge in [0.15, 0.2) is 0 Å². The zero-order valence-electron chi connectivity index (χ0n) is 11.4. The molecule has 0 aliphatic heterocycles. The Kier molecular flexibility index (Phi) is 6.40. The van der Waals surface area contributed by atoms with Crippen molar-refractivity contribution in [2.45, 2.75) is 0 Å². The maximum Gasteiger partial charge on any atom is 2.00 e. The summed E-state index contributed by atoms with van der Waals surface area (Å²) in [6.45, 7) is 0. The summed E-state index contributed by atoms with van der Waals surface area (Å²) >= 11 is 0. The molecule has 0 bridgehead atoms. The van der Waals surface area contributed by atoms with Gasteiger partial charge >= 0.3 is 17.1 Å². The molecule has 0 aromatic carbocycles. The van der Waals surface area contributed by atoms with Crippen LogP contribution in [0.5, 0.6) is 0 Å². The van der Waals surface area contributed by atoms with E-state index in [9.17, 15) is 0 Å². The Hall–Kier alpha value is 0.656. The zero-order chi connectivity index (χ0) is 12.5. The molecule has 2 rings (SSSR count). The molecule has 0 spiro atoms. The Morgan fingerprint density at radius 3 is 1.17 bits per heavy atom. The van der Waals surface area contributed by atoms with Crippen molar-refractivity contribution in [1.29, 1.82) is 0 Å². The molecule has 2 nitrogen and oxygen atoms in total. The summed E-state index contributed by atoms with van der Waals surface area (Å²) < 4.78 is 4.80. The standard InChI is InChI=1S/C14H20N2Si.Fe/c1-15(2)17(16(3)4,13-9-5-6-10-13)14-11-7-8-12-14;/h5-12H,1-4H3;/q;+2. The largest absolute Gasteiger partial charge is 2.00 e. The molecular weight excluding hydrogens is 280 g/mol. The molecule has 10 radical (unpaired) electrons. The van der Waals surface area contributed by atoms with Gasteiger partial charge in [-0.2, -0.15) is 0 Å². The van der Waals surface area contributed by atoms with Crippen LogP contribution in [0.25, 0.3) is 0 Å². The normalized spacial score (nSPS) is 23.0. The molecule has 96 valence electrons. The van der Waals surface area contributed by atoms with Gasteiger partial charge in [0.2, 0.25) is 8.40 Å². The Morgan fingerprint density at radius 1 is 0.667 bits per heavy atom. The first-order valence-corrected chi connectivity index (χ1v) is 7.79. The minimum atomic E-state index is -1.93. The molecule has 2 fully saturated rings. The Bertz CT molecular complexity index is 220. The van der Waals surface area contributed by atoms with E-state index in [4.69, 9.17) is 0 Å². The maximum absolute atomic E-state index is 2.40. The molecule has 0 heterocycles. The van der Waals surface area contributed by atoms with Gasteiger partial charge in [0, 0.05) is 11.1 Å². The average Bonchev–Trinajstić information content (AvgIpc) is 2.88. The fraction of sp³-hybridized carbons (Fsp3) is 0.286. The van der Waals surface area contributed by atoms with E-state index in [1.54, 1.807) is 0 Å². The fourth-order valence-corrected chi connectivity index (χ4v) is 7.33. The van der Waals surface area contributed by atoms with Crippen LogP contribution in [0.2, 0.25) is 0 Å². The van der Waals surface area contributed by atoms with Crippen LogP contribution in [0.3, 0.4) is 0 Å². The minimum absolute atomic E-state index is 0. The molecule has 2 aliphatic rings. The second-order valence-electron chi connectivity index (χ2n) is 4.81. The summed E-state index contributed by atoms with van der Waals surface area (Å²) in [4.78, 5) is 0. The molecule has 2 aliphatic carbocycles. The van der Waals surface area contributed by atoms with Crippen LogP contribution in [0.15, 0.2) is 0 Å². The van der Waals surface area contributed by atoms with Crippen LogP contribution in [-0.2, 0) is 17.1 Å². The fourth-order valence-electron chi connectivity index (χ4n) is 2.81. The molecule has 18 heavy (non-hydrogen) atoms. The van der Waals surface area contributed by atoms with E-state index >= 15 is 0 Å². The Labute approximate surface area is 125 Å².